The molecule has 17 heavy (non-hydrogen) atoms. The van der Waals surface area contributed by atoms with E-state index in [9.17, 15) is 0 Å². The van der Waals surface area contributed by atoms with Gasteiger partial charge in [-0.1, -0.05) is 30.4 Å². The molecule has 0 heterocycles. The lowest BCUT2D eigenvalue weighted by molar-refractivity contribution is 0.0143. The highest BCUT2D eigenvalue weighted by Gasteiger charge is 1.99. The number of nitrogens with two attached hydrogens (primary N) is 1. The van der Waals surface area contributed by atoms with Crippen molar-refractivity contribution in [2.45, 2.75) is 26.6 Å². The molecule has 0 aliphatic rings. The molecule has 4 heteroatoms. The molecule has 3 nitrogen and oxygen atoms in total. The topological polar surface area (TPSA) is 44.5 Å². The molecule has 0 saturated heterocycles. The molecule has 0 saturated carbocycles. The standard InChI is InChI=1S/C13H19NO2S/c1-10(2)16-7-6-15-9-11-4-3-5-12(8-11)13(14)17/h3-5,8,10H,6-7,9H2,1-2H3,(H2,14,17). The van der Waals surface area contributed by atoms with E-state index in [2.05, 4.69) is 0 Å². The van der Waals surface area contributed by atoms with Crippen molar-refractivity contribution in [2.75, 3.05) is 13.2 Å². The van der Waals surface area contributed by atoms with Crippen LogP contribution in [0.5, 0.6) is 0 Å². The quantitative estimate of drug-likeness (QED) is 0.598. The zero-order valence-corrected chi connectivity index (χ0v) is 11.1. The summed E-state index contributed by atoms with van der Waals surface area (Å²) in [4.78, 5) is 0.412. The molecule has 0 aliphatic carbocycles. The van der Waals surface area contributed by atoms with E-state index in [4.69, 9.17) is 27.4 Å². The van der Waals surface area contributed by atoms with Gasteiger partial charge in [-0.2, -0.15) is 0 Å². The maximum atomic E-state index is 5.56. The van der Waals surface area contributed by atoms with Crippen molar-refractivity contribution in [3.63, 3.8) is 0 Å². The molecule has 94 valence electrons. The second kappa shape index (κ2) is 7.37. The molecular weight excluding hydrogens is 234 g/mol. The molecule has 0 aromatic heterocycles. The average Bonchev–Trinajstić information content (AvgIpc) is 2.28. The fraction of sp³-hybridized carbons (Fsp3) is 0.462. The lowest BCUT2D eigenvalue weighted by Gasteiger charge is -2.08. The van der Waals surface area contributed by atoms with Crippen LogP contribution in [-0.2, 0) is 16.1 Å². The van der Waals surface area contributed by atoms with E-state index in [1.165, 1.54) is 0 Å². The maximum Gasteiger partial charge on any atom is 0.103 e. The van der Waals surface area contributed by atoms with Gasteiger partial charge in [0.2, 0.25) is 0 Å². The van der Waals surface area contributed by atoms with Gasteiger partial charge in [0.05, 0.1) is 25.9 Å². The zero-order valence-electron chi connectivity index (χ0n) is 10.3. The van der Waals surface area contributed by atoms with Gasteiger partial charge in [-0.3, -0.25) is 0 Å². The second-order valence-corrected chi connectivity index (χ2v) is 4.48. The van der Waals surface area contributed by atoms with E-state index in [-0.39, 0.29) is 6.10 Å². The number of hydrogen-bond donors (Lipinski definition) is 1. The van der Waals surface area contributed by atoms with Crippen LogP contribution >= 0.6 is 12.2 Å². The average molecular weight is 253 g/mol. The first-order valence-corrected chi connectivity index (χ1v) is 6.08. The Balaban J connectivity index is 2.31. The summed E-state index contributed by atoms with van der Waals surface area (Å²) in [6.07, 6.45) is 0.247. The van der Waals surface area contributed by atoms with Crippen molar-refractivity contribution in [1.29, 1.82) is 0 Å². The van der Waals surface area contributed by atoms with Crippen molar-refractivity contribution in [3.05, 3.63) is 35.4 Å². The van der Waals surface area contributed by atoms with Crippen molar-refractivity contribution < 1.29 is 9.47 Å². The van der Waals surface area contributed by atoms with Crippen molar-refractivity contribution in [2.24, 2.45) is 5.73 Å². The van der Waals surface area contributed by atoms with Crippen LogP contribution < -0.4 is 5.73 Å². The van der Waals surface area contributed by atoms with Gasteiger partial charge >= 0.3 is 0 Å². The van der Waals surface area contributed by atoms with Crippen LogP contribution in [-0.4, -0.2) is 24.3 Å². The molecule has 0 bridgehead atoms. The highest BCUT2D eigenvalue weighted by Crippen LogP contribution is 2.06. The Labute approximate surface area is 108 Å². The predicted octanol–water partition coefficient (Wildman–Crippen LogP) is 2.26. The van der Waals surface area contributed by atoms with Gasteiger partial charge < -0.3 is 15.2 Å². The summed E-state index contributed by atoms with van der Waals surface area (Å²) in [5.41, 5.74) is 7.51. The Hall–Kier alpha value is -0.970. The van der Waals surface area contributed by atoms with Crippen LogP contribution in [0.15, 0.2) is 24.3 Å². The van der Waals surface area contributed by atoms with E-state index >= 15 is 0 Å². The lowest BCUT2D eigenvalue weighted by Crippen LogP contribution is -2.11. The molecule has 0 aliphatic heterocycles. The number of thiocarbonyl (C=S) groups is 1. The maximum absolute atomic E-state index is 5.56. The Morgan fingerprint density at radius 1 is 1.35 bits per heavy atom. The molecule has 0 radical (unpaired) electrons. The van der Waals surface area contributed by atoms with Crippen LogP contribution in [0.4, 0.5) is 0 Å². The van der Waals surface area contributed by atoms with Crippen molar-refractivity contribution in [3.8, 4) is 0 Å². The minimum atomic E-state index is 0.247. The highest BCUT2D eigenvalue weighted by atomic mass is 32.1. The second-order valence-electron chi connectivity index (χ2n) is 4.04. The molecule has 0 spiro atoms. The van der Waals surface area contributed by atoms with Gasteiger partial charge in [0.1, 0.15) is 4.99 Å². The van der Waals surface area contributed by atoms with Gasteiger partial charge in [-0.25, -0.2) is 0 Å². The number of benzene rings is 1. The van der Waals surface area contributed by atoms with E-state index in [1.807, 2.05) is 38.1 Å². The van der Waals surface area contributed by atoms with Crippen LogP contribution in [0.3, 0.4) is 0 Å². The summed E-state index contributed by atoms with van der Waals surface area (Å²) in [6, 6.07) is 7.77. The third kappa shape index (κ3) is 5.77. The van der Waals surface area contributed by atoms with Gasteiger partial charge in [0.15, 0.2) is 0 Å². The summed E-state index contributed by atoms with van der Waals surface area (Å²) in [5, 5.41) is 0. The van der Waals surface area contributed by atoms with E-state index in [0.29, 0.717) is 24.8 Å². The van der Waals surface area contributed by atoms with E-state index in [1.54, 1.807) is 0 Å². The largest absolute Gasteiger partial charge is 0.389 e. The Morgan fingerprint density at radius 2 is 2.12 bits per heavy atom. The number of ether oxygens (including phenoxy) is 2. The summed E-state index contributed by atoms with van der Waals surface area (Å²) in [7, 11) is 0. The normalized spacial score (nSPS) is 10.8. The first-order valence-electron chi connectivity index (χ1n) is 5.67. The van der Waals surface area contributed by atoms with Crippen LogP contribution in [0.25, 0.3) is 0 Å². The minimum absolute atomic E-state index is 0.247. The van der Waals surface area contributed by atoms with Gasteiger partial charge in [0.25, 0.3) is 0 Å². The van der Waals surface area contributed by atoms with Gasteiger partial charge in [0, 0.05) is 5.56 Å². The Morgan fingerprint density at radius 3 is 2.76 bits per heavy atom. The molecule has 0 unspecified atom stereocenters. The summed E-state index contributed by atoms with van der Waals surface area (Å²) >= 11 is 4.92. The molecule has 2 N–H and O–H groups in total. The molecule has 0 fully saturated rings. The summed E-state index contributed by atoms with van der Waals surface area (Å²) in [5.74, 6) is 0. The fourth-order valence-electron chi connectivity index (χ4n) is 1.35. The molecule has 0 amide bonds. The molecule has 0 atom stereocenters. The van der Waals surface area contributed by atoms with E-state index < -0.39 is 0 Å². The van der Waals surface area contributed by atoms with Gasteiger partial charge in [-0.15, -0.1) is 0 Å². The zero-order chi connectivity index (χ0) is 12.7. The van der Waals surface area contributed by atoms with Crippen LogP contribution in [0, 0.1) is 0 Å². The van der Waals surface area contributed by atoms with Crippen LogP contribution in [0.1, 0.15) is 25.0 Å². The Bertz CT molecular complexity index is 366. The van der Waals surface area contributed by atoms with Crippen molar-refractivity contribution >= 4 is 17.2 Å². The molecule has 1 aromatic rings. The highest BCUT2D eigenvalue weighted by molar-refractivity contribution is 7.80. The molecular formula is C13H19NO2S. The smallest absolute Gasteiger partial charge is 0.103 e. The predicted molar refractivity (Wildman–Crippen MR) is 73.1 cm³/mol. The monoisotopic (exact) mass is 253 g/mol. The first kappa shape index (κ1) is 14.1. The molecule has 1 aromatic carbocycles. The lowest BCUT2D eigenvalue weighted by atomic mass is 10.1. The first-order chi connectivity index (χ1) is 8.09. The summed E-state index contributed by atoms with van der Waals surface area (Å²) < 4.78 is 10.9. The summed E-state index contributed by atoms with van der Waals surface area (Å²) in [6.45, 7) is 5.78. The minimum Gasteiger partial charge on any atom is -0.389 e. The van der Waals surface area contributed by atoms with Crippen LogP contribution in [0.2, 0.25) is 0 Å². The SMILES string of the molecule is CC(C)OCCOCc1cccc(C(N)=S)c1. The van der Waals surface area contributed by atoms with Crippen molar-refractivity contribution in [1.82, 2.24) is 0 Å². The fourth-order valence-corrected chi connectivity index (χ4v) is 1.47. The molecule has 1 rings (SSSR count). The van der Waals surface area contributed by atoms with Gasteiger partial charge in [-0.05, 0) is 25.5 Å². The Kier molecular flexibility index (Phi) is 6.11. The third-order valence-corrected chi connectivity index (χ3v) is 2.39. The third-order valence-electron chi connectivity index (χ3n) is 2.16. The van der Waals surface area contributed by atoms with E-state index in [0.717, 1.165) is 11.1 Å². The number of hydrogen-bond acceptors (Lipinski definition) is 3. The number of rotatable bonds is 7.